The third-order valence-electron chi connectivity index (χ3n) is 3.45. The van der Waals surface area contributed by atoms with Gasteiger partial charge < -0.3 is 21.7 Å². The maximum atomic E-state index is 13.5. The van der Waals surface area contributed by atoms with Gasteiger partial charge in [-0.2, -0.15) is 13.2 Å². The fraction of sp³-hybridized carbons (Fsp3) is 0.286. The van der Waals surface area contributed by atoms with Crippen LogP contribution in [-0.4, -0.2) is 28.5 Å². The van der Waals surface area contributed by atoms with Crippen LogP contribution in [0.1, 0.15) is 11.5 Å². The van der Waals surface area contributed by atoms with Gasteiger partial charge in [-0.25, -0.2) is 8.78 Å². The number of anilines is 1. The largest absolute Gasteiger partial charge is 0.503 e. The molecule has 0 amide bonds. The molecular formula is C14H13F5N2O2. The van der Waals surface area contributed by atoms with Crippen LogP contribution in [0.5, 0.6) is 5.75 Å². The molecule has 0 heterocycles. The molecule has 0 saturated heterocycles. The Morgan fingerprint density at radius 3 is 2.26 bits per heavy atom. The van der Waals surface area contributed by atoms with Crippen LogP contribution >= 0.6 is 0 Å². The number of benzene rings is 1. The maximum absolute atomic E-state index is 13.5. The number of nitrogens with two attached hydrogens (primary N) is 2. The van der Waals surface area contributed by atoms with E-state index in [-0.39, 0.29) is 0 Å². The molecule has 0 spiro atoms. The molecule has 1 aliphatic carbocycles. The zero-order chi connectivity index (χ0) is 17.5. The van der Waals surface area contributed by atoms with Gasteiger partial charge in [0.15, 0.2) is 11.6 Å². The molecule has 23 heavy (non-hydrogen) atoms. The summed E-state index contributed by atoms with van der Waals surface area (Å²) in [4.78, 5) is 0. The van der Waals surface area contributed by atoms with Crippen LogP contribution < -0.4 is 11.5 Å². The zero-order valence-electron chi connectivity index (χ0n) is 11.5. The number of hydrogen-bond acceptors (Lipinski definition) is 4. The summed E-state index contributed by atoms with van der Waals surface area (Å²) in [5.74, 6) is -5.94. The standard InChI is InChI=1S/C14H13F5N2O2/c15-7-1-5(3-9(20)12(7)22)11(14(17,18)19)6-2-8(16)13(23)10(21)4-6/h1-4,9,11-12,22-23H,20-21H2. The number of allylic oxidation sites excluding steroid dienone is 2. The predicted octanol–water partition coefficient (Wildman–Crippen LogP) is 2.24. The second-order valence-electron chi connectivity index (χ2n) is 5.13. The molecule has 0 bridgehead atoms. The molecule has 6 N–H and O–H groups in total. The molecule has 3 unspecified atom stereocenters. The van der Waals surface area contributed by atoms with Gasteiger partial charge in [-0.05, 0) is 29.3 Å². The number of phenols is 1. The minimum Gasteiger partial charge on any atom is -0.503 e. The topological polar surface area (TPSA) is 92.5 Å². The number of hydrogen-bond donors (Lipinski definition) is 4. The van der Waals surface area contributed by atoms with Gasteiger partial charge in [0, 0.05) is 0 Å². The Bertz CT molecular complexity index is 661. The van der Waals surface area contributed by atoms with Crippen molar-refractivity contribution in [3.63, 3.8) is 0 Å². The Morgan fingerprint density at radius 1 is 1.17 bits per heavy atom. The van der Waals surface area contributed by atoms with Crippen molar-refractivity contribution in [1.29, 1.82) is 0 Å². The van der Waals surface area contributed by atoms with E-state index in [0.717, 1.165) is 12.1 Å². The number of halogens is 5. The average Bonchev–Trinajstić information content (AvgIpc) is 2.40. The number of alkyl halides is 3. The Morgan fingerprint density at radius 2 is 1.78 bits per heavy atom. The summed E-state index contributed by atoms with van der Waals surface area (Å²) >= 11 is 0. The van der Waals surface area contributed by atoms with Crippen molar-refractivity contribution in [2.75, 3.05) is 5.73 Å². The minimum atomic E-state index is -4.90. The normalized spacial score (nSPS) is 23.3. The van der Waals surface area contributed by atoms with E-state index >= 15 is 0 Å². The Labute approximate surface area is 127 Å². The van der Waals surface area contributed by atoms with Crippen molar-refractivity contribution < 1.29 is 32.2 Å². The molecule has 4 nitrogen and oxygen atoms in total. The van der Waals surface area contributed by atoms with E-state index in [1.165, 1.54) is 0 Å². The van der Waals surface area contributed by atoms with E-state index in [1.807, 2.05) is 0 Å². The molecular weight excluding hydrogens is 323 g/mol. The summed E-state index contributed by atoms with van der Waals surface area (Å²) < 4.78 is 67.2. The average molecular weight is 336 g/mol. The summed E-state index contributed by atoms with van der Waals surface area (Å²) in [6, 6.07) is -0.161. The molecule has 0 aromatic heterocycles. The molecule has 0 fully saturated rings. The first-order chi connectivity index (χ1) is 10.5. The van der Waals surface area contributed by atoms with Crippen molar-refractivity contribution >= 4 is 5.69 Å². The third-order valence-corrected chi connectivity index (χ3v) is 3.45. The molecule has 0 aliphatic heterocycles. The molecule has 2 rings (SSSR count). The highest BCUT2D eigenvalue weighted by atomic mass is 19.4. The predicted molar refractivity (Wildman–Crippen MR) is 72.5 cm³/mol. The van der Waals surface area contributed by atoms with Gasteiger partial charge in [-0.15, -0.1) is 0 Å². The highest BCUT2D eigenvalue weighted by molar-refractivity contribution is 5.56. The summed E-state index contributed by atoms with van der Waals surface area (Å²) in [5, 5.41) is 18.6. The van der Waals surface area contributed by atoms with Crippen LogP contribution in [0, 0.1) is 5.82 Å². The number of nitrogen functional groups attached to an aromatic ring is 1. The van der Waals surface area contributed by atoms with E-state index in [2.05, 4.69) is 0 Å². The van der Waals surface area contributed by atoms with Gasteiger partial charge in [0.1, 0.15) is 17.8 Å². The Hall–Kier alpha value is -2.13. The van der Waals surface area contributed by atoms with Gasteiger partial charge in [0.2, 0.25) is 0 Å². The first-order valence-corrected chi connectivity index (χ1v) is 6.39. The second-order valence-corrected chi connectivity index (χ2v) is 5.13. The van der Waals surface area contributed by atoms with E-state index < -0.39 is 58.5 Å². The fourth-order valence-electron chi connectivity index (χ4n) is 2.35. The summed E-state index contributed by atoms with van der Waals surface area (Å²) in [5.41, 5.74) is 8.88. The molecule has 1 aromatic rings. The first-order valence-electron chi connectivity index (χ1n) is 6.39. The van der Waals surface area contributed by atoms with E-state index in [1.54, 1.807) is 0 Å². The number of phenolic OH excluding ortho intramolecular Hbond substituents is 1. The molecule has 1 aromatic carbocycles. The number of rotatable bonds is 2. The third kappa shape index (κ3) is 3.30. The minimum absolute atomic E-state index is 0.465. The zero-order valence-corrected chi connectivity index (χ0v) is 11.5. The van der Waals surface area contributed by atoms with Crippen LogP contribution in [0.25, 0.3) is 0 Å². The van der Waals surface area contributed by atoms with Gasteiger partial charge in [0.25, 0.3) is 0 Å². The smallest absolute Gasteiger partial charge is 0.399 e. The summed E-state index contributed by atoms with van der Waals surface area (Å²) in [7, 11) is 0. The van der Waals surface area contributed by atoms with Crippen LogP contribution in [-0.2, 0) is 0 Å². The Kier molecular flexibility index (Phi) is 4.36. The van der Waals surface area contributed by atoms with Gasteiger partial charge in [-0.3, -0.25) is 0 Å². The molecule has 3 atom stereocenters. The molecule has 0 saturated carbocycles. The lowest BCUT2D eigenvalue weighted by atomic mass is 9.85. The van der Waals surface area contributed by atoms with Crippen molar-refractivity contribution in [2.45, 2.75) is 24.2 Å². The van der Waals surface area contributed by atoms with Gasteiger partial charge in [0.05, 0.1) is 11.7 Å². The van der Waals surface area contributed by atoms with Gasteiger partial charge >= 0.3 is 6.18 Å². The van der Waals surface area contributed by atoms with Crippen molar-refractivity contribution in [3.05, 3.63) is 47.1 Å². The molecule has 1 aliphatic rings. The SMILES string of the molecule is Nc1cc(C(C2=CC(N)C(O)C(F)=C2)C(F)(F)F)cc(F)c1O. The highest BCUT2D eigenvalue weighted by Crippen LogP contribution is 2.44. The summed E-state index contributed by atoms with van der Waals surface area (Å²) in [6.45, 7) is 0. The second kappa shape index (κ2) is 5.82. The van der Waals surface area contributed by atoms with Crippen LogP contribution in [0.3, 0.4) is 0 Å². The fourth-order valence-corrected chi connectivity index (χ4v) is 2.35. The Balaban J connectivity index is 2.59. The van der Waals surface area contributed by atoms with Crippen LogP contribution in [0.2, 0.25) is 0 Å². The van der Waals surface area contributed by atoms with E-state index in [4.69, 9.17) is 11.5 Å². The van der Waals surface area contributed by atoms with E-state index in [9.17, 15) is 32.2 Å². The molecule has 9 heteroatoms. The summed E-state index contributed by atoms with van der Waals surface area (Å²) in [6.07, 6.45) is -5.28. The van der Waals surface area contributed by atoms with Gasteiger partial charge in [-0.1, -0.05) is 6.08 Å². The molecule has 0 radical (unpaired) electrons. The highest BCUT2D eigenvalue weighted by Gasteiger charge is 2.44. The number of aromatic hydroxyl groups is 1. The first kappa shape index (κ1) is 17.2. The van der Waals surface area contributed by atoms with Crippen molar-refractivity contribution in [2.24, 2.45) is 5.73 Å². The lowest BCUT2D eigenvalue weighted by molar-refractivity contribution is -0.141. The molecule has 126 valence electrons. The van der Waals surface area contributed by atoms with Crippen LogP contribution in [0.4, 0.5) is 27.6 Å². The van der Waals surface area contributed by atoms with Crippen LogP contribution in [0.15, 0.2) is 35.7 Å². The van der Waals surface area contributed by atoms with E-state index in [0.29, 0.717) is 12.1 Å². The van der Waals surface area contributed by atoms with Crippen molar-refractivity contribution in [3.8, 4) is 5.75 Å². The number of aliphatic hydroxyl groups is 1. The lowest BCUT2D eigenvalue weighted by Crippen LogP contribution is -2.37. The van der Waals surface area contributed by atoms with Crippen molar-refractivity contribution in [1.82, 2.24) is 0 Å². The lowest BCUT2D eigenvalue weighted by Gasteiger charge is -2.27. The number of aliphatic hydroxyl groups excluding tert-OH is 1. The maximum Gasteiger partial charge on any atom is 0.399 e. The monoisotopic (exact) mass is 336 g/mol. The quantitative estimate of drug-likeness (QED) is 0.379.